The highest BCUT2D eigenvalue weighted by Crippen LogP contribution is 2.99. The van der Waals surface area contributed by atoms with E-state index in [1.165, 1.54) is 56.9 Å². The molecule has 162 valence electrons. The van der Waals surface area contributed by atoms with E-state index in [-0.39, 0.29) is 22.4 Å². The summed E-state index contributed by atoms with van der Waals surface area (Å²) in [6.45, 7) is 4.84. The van der Waals surface area contributed by atoms with Gasteiger partial charge in [-0.1, -0.05) is 24.6 Å². The fourth-order valence-electron chi connectivity index (χ4n) is 11.0. The van der Waals surface area contributed by atoms with Crippen LogP contribution in [0.4, 0.5) is 0 Å². The Kier molecular flexibility index (Phi) is 2.71. The predicted molar refractivity (Wildman–Crippen MR) is 117 cm³/mol. The van der Waals surface area contributed by atoms with Crippen molar-refractivity contribution >= 4 is 5.78 Å². The standard InChI is InChI=1S/C28H32O3/c1-15-19-3-4-22-24(2)5-6-25-10-17(25)7-16(13-29)9-27(25)14-26(24,27)11-18-12-28(18,22)20(19)8-21(30)23(15)31/h3-4,8,16-18,29,31H,5-7,9-14H2,1-2H3. The van der Waals surface area contributed by atoms with Crippen LogP contribution in [0.5, 0.6) is 0 Å². The van der Waals surface area contributed by atoms with Crippen molar-refractivity contribution in [3.63, 3.8) is 0 Å². The first-order valence-electron chi connectivity index (χ1n) is 12.5. The summed E-state index contributed by atoms with van der Waals surface area (Å²) in [7, 11) is 0. The lowest BCUT2D eigenvalue weighted by atomic mass is 9.45. The Morgan fingerprint density at radius 2 is 1.90 bits per heavy atom. The van der Waals surface area contributed by atoms with Gasteiger partial charge in [-0.15, -0.1) is 0 Å². The van der Waals surface area contributed by atoms with Crippen LogP contribution in [0.2, 0.25) is 0 Å². The zero-order valence-corrected chi connectivity index (χ0v) is 18.6. The molecule has 8 unspecified atom stereocenters. The van der Waals surface area contributed by atoms with Gasteiger partial charge in [0.1, 0.15) is 0 Å². The molecular formula is C28H32O3. The molecule has 0 saturated heterocycles. The summed E-state index contributed by atoms with van der Waals surface area (Å²) in [5.41, 5.74) is 6.40. The van der Waals surface area contributed by atoms with E-state index in [0.29, 0.717) is 34.7 Å². The molecule has 0 aromatic rings. The first-order valence-corrected chi connectivity index (χ1v) is 12.5. The minimum absolute atomic E-state index is 0.0456. The summed E-state index contributed by atoms with van der Waals surface area (Å²) in [6.07, 6.45) is 16.8. The van der Waals surface area contributed by atoms with E-state index in [1.807, 2.05) is 6.92 Å². The van der Waals surface area contributed by atoms with Gasteiger partial charge >= 0.3 is 0 Å². The lowest BCUT2D eigenvalue weighted by Gasteiger charge is -2.58. The predicted octanol–water partition coefficient (Wildman–Crippen LogP) is 5.19. The van der Waals surface area contributed by atoms with Gasteiger partial charge in [0, 0.05) is 17.6 Å². The molecule has 0 aromatic heterocycles. The summed E-state index contributed by atoms with van der Waals surface area (Å²) in [4.78, 5) is 12.6. The number of hydrogen-bond acceptors (Lipinski definition) is 3. The van der Waals surface area contributed by atoms with Gasteiger partial charge in [0.15, 0.2) is 5.76 Å². The number of carbonyl (C=O) groups excluding carboxylic acids is 1. The molecule has 3 nitrogen and oxygen atoms in total. The quantitative estimate of drug-likeness (QED) is 0.618. The van der Waals surface area contributed by atoms with E-state index in [0.717, 1.165) is 17.1 Å². The highest BCUT2D eigenvalue weighted by molar-refractivity contribution is 6.06. The molecule has 0 bridgehead atoms. The lowest BCUT2D eigenvalue weighted by Crippen LogP contribution is -2.51. The highest BCUT2D eigenvalue weighted by atomic mass is 16.3. The van der Waals surface area contributed by atoms with Gasteiger partial charge < -0.3 is 10.2 Å². The molecule has 31 heavy (non-hydrogen) atoms. The van der Waals surface area contributed by atoms with Crippen LogP contribution in [-0.2, 0) is 4.79 Å². The average Bonchev–Trinajstić information content (AvgIpc) is 3.67. The number of aliphatic hydroxyl groups excluding tert-OH is 2. The third-order valence-corrected chi connectivity index (χ3v) is 12.5. The SMILES string of the molecule is CC1=C(O)C(=O)C=C2C1=CC=C1C23CC3CC23CC24CC(CO)CC2CC24CCC13C. The van der Waals surface area contributed by atoms with Crippen molar-refractivity contribution in [2.75, 3.05) is 6.61 Å². The minimum atomic E-state index is -0.208. The Hall–Kier alpha value is -1.61. The number of ketones is 1. The van der Waals surface area contributed by atoms with Crippen LogP contribution in [0.15, 0.2) is 46.3 Å². The summed E-state index contributed by atoms with van der Waals surface area (Å²) >= 11 is 0. The molecule has 0 heterocycles. The van der Waals surface area contributed by atoms with Gasteiger partial charge in [-0.3, -0.25) is 4.79 Å². The number of aliphatic hydroxyl groups is 2. The van der Waals surface area contributed by atoms with Crippen molar-refractivity contribution in [1.29, 1.82) is 0 Å². The molecule has 0 aromatic carbocycles. The third-order valence-electron chi connectivity index (χ3n) is 12.5. The average molecular weight is 417 g/mol. The fourth-order valence-corrected chi connectivity index (χ4v) is 11.0. The van der Waals surface area contributed by atoms with Crippen LogP contribution in [0.25, 0.3) is 0 Å². The molecule has 0 amide bonds. The Morgan fingerprint density at radius 3 is 2.71 bits per heavy atom. The van der Waals surface area contributed by atoms with Crippen LogP contribution in [0.3, 0.4) is 0 Å². The summed E-state index contributed by atoms with van der Waals surface area (Å²) in [6, 6.07) is 0. The summed E-state index contributed by atoms with van der Waals surface area (Å²) < 4.78 is 0. The first kappa shape index (κ1) is 17.9. The maximum atomic E-state index is 12.6. The molecule has 6 saturated carbocycles. The Morgan fingerprint density at radius 1 is 1.06 bits per heavy atom. The minimum Gasteiger partial charge on any atom is -0.504 e. The molecule has 8 aliphatic carbocycles. The Balaban J connectivity index is 1.30. The molecule has 6 fully saturated rings. The molecule has 3 heteroatoms. The third kappa shape index (κ3) is 1.54. The van der Waals surface area contributed by atoms with Gasteiger partial charge in [-0.2, -0.15) is 0 Å². The van der Waals surface area contributed by atoms with Crippen LogP contribution >= 0.6 is 0 Å². The van der Waals surface area contributed by atoms with Crippen LogP contribution in [0, 0.1) is 44.8 Å². The zero-order valence-electron chi connectivity index (χ0n) is 18.6. The lowest BCUT2D eigenvalue weighted by molar-refractivity contribution is -0.113. The molecule has 0 aliphatic heterocycles. The summed E-state index contributed by atoms with van der Waals surface area (Å²) in [5.74, 6) is 1.74. The van der Waals surface area contributed by atoms with Crippen LogP contribution < -0.4 is 0 Å². The second kappa shape index (κ2) is 4.69. The highest BCUT2D eigenvalue weighted by Gasteiger charge is 2.91. The van der Waals surface area contributed by atoms with Crippen molar-refractivity contribution in [3.05, 3.63) is 46.3 Å². The van der Waals surface area contributed by atoms with E-state index in [9.17, 15) is 15.0 Å². The van der Waals surface area contributed by atoms with Crippen LogP contribution in [0.1, 0.15) is 65.2 Å². The topological polar surface area (TPSA) is 57.5 Å². The van der Waals surface area contributed by atoms with Crippen molar-refractivity contribution in [2.24, 2.45) is 44.8 Å². The molecule has 8 aliphatic rings. The zero-order chi connectivity index (χ0) is 21.2. The van der Waals surface area contributed by atoms with Crippen LogP contribution in [-0.4, -0.2) is 22.6 Å². The van der Waals surface area contributed by atoms with E-state index in [2.05, 4.69) is 19.1 Å². The van der Waals surface area contributed by atoms with Gasteiger partial charge in [0.05, 0.1) is 0 Å². The molecule has 2 N–H and O–H groups in total. The van der Waals surface area contributed by atoms with Gasteiger partial charge in [-0.25, -0.2) is 0 Å². The van der Waals surface area contributed by atoms with Crippen molar-refractivity contribution in [1.82, 2.24) is 0 Å². The first-order chi connectivity index (χ1) is 14.8. The smallest absolute Gasteiger partial charge is 0.220 e. The second-order valence-electron chi connectivity index (χ2n) is 12.9. The molecule has 0 radical (unpaired) electrons. The van der Waals surface area contributed by atoms with E-state index >= 15 is 0 Å². The maximum absolute atomic E-state index is 12.6. The number of rotatable bonds is 1. The largest absolute Gasteiger partial charge is 0.504 e. The van der Waals surface area contributed by atoms with Gasteiger partial charge in [0.2, 0.25) is 5.78 Å². The Labute approximate surface area is 184 Å². The normalized spacial score (nSPS) is 56.9. The van der Waals surface area contributed by atoms with Crippen molar-refractivity contribution in [2.45, 2.75) is 65.2 Å². The van der Waals surface area contributed by atoms with Crippen molar-refractivity contribution < 1.29 is 15.0 Å². The monoisotopic (exact) mass is 416 g/mol. The van der Waals surface area contributed by atoms with Gasteiger partial charge in [-0.05, 0) is 115 Å². The van der Waals surface area contributed by atoms with E-state index in [4.69, 9.17) is 0 Å². The second-order valence-corrected chi connectivity index (χ2v) is 12.9. The Bertz CT molecular complexity index is 1140. The fraction of sp³-hybridized carbons (Fsp3) is 0.679. The molecular weight excluding hydrogens is 384 g/mol. The van der Waals surface area contributed by atoms with Crippen molar-refractivity contribution in [3.8, 4) is 0 Å². The maximum Gasteiger partial charge on any atom is 0.220 e. The summed E-state index contributed by atoms with van der Waals surface area (Å²) in [5, 5.41) is 20.3. The molecule has 8 rings (SSSR count). The molecule has 4 spiro atoms. The number of fused-ring (bicyclic) bond motifs is 2. The number of allylic oxidation sites excluding steroid dienone is 7. The molecule has 8 atom stereocenters. The number of carbonyl (C=O) groups is 1. The van der Waals surface area contributed by atoms with Gasteiger partial charge in [0.25, 0.3) is 0 Å². The van der Waals surface area contributed by atoms with E-state index < -0.39 is 0 Å². The number of hydrogen-bond donors (Lipinski definition) is 2. The van der Waals surface area contributed by atoms with E-state index in [1.54, 1.807) is 11.6 Å².